The van der Waals surface area contributed by atoms with Crippen LogP contribution in [0, 0.1) is 5.92 Å². The summed E-state index contributed by atoms with van der Waals surface area (Å²) in [6, 6.07) is 0.792. The summed E-state index contributed by atoms with van der Waals surface area (Å²) in [5.74, 6) is 0.902. The molecular formula is C9H19N. The van der Waals surface area contributed by atoms with Crippen LogP contribution in [0.2, 0.25) is 0 Å². The van der Waals surface area contributed by atoms with E-state index in [1.54, 1.807) is 0 Å². The first-order valence-electron chi connectivity index (χ1n) is 4.27. The minimum Gasteiger partial charge on any atom is -0.309 e. The van der Waals surface area contributed by atoms with Gasteiger partial charge in [-0.25, -0.2) is 0 Å². The van der Waals surface area contributed by atoms with E-state index in [1.807, 2.05) is 0 Å². The van der Waals surface area contributed by atoms with E-state index >= 15 is 0 Å². The van der Waals surface area contributed by atoms with Crippen molar-refractivity contribution in [3.8, 4) is 0 Å². The third-order valence-corrected chi connectivity index (χ3v) is 2.24. The van der Waals surface area contributed by atoms with E-state index in [2.05, 4.69) is 33.0 Å². The highest BCUT2D eigenvalue weighted by molar-refractivity contribution is 4.88. The van der Waals surface area contributed by atoms with Crippen LogP contribution in [0.1, 0.15) is 40.5 Å². The molecule has 0 aromatic carbocycles. The molecule has 2 atom stereocenters. The molecule has 1 nitrogen and oxygen atoms in total. The fourth-order valence-electron chi connectivity index (χ4n) is 1.44. The standard InChI is InChI=1S/C9H19N/c1-7-5-6-8(7)10-9(2,3)4/h7-8,10H,5-6H2,1-4H3/t7-,8?/m1/s1. The van der Waals surface area contributed by atoms with Crippen LogP contribution in [0.4, 0.5) is 0 Å². The van der Waals surface area contributed by atoms with Gasteiger partial charge in [-0.05, 0) is 39.5 Å². The lowest BCUT2D eigenvalue weighted by Crippen LogP contribution is -2.51. The van der Waals surface area contributed by atoms with E-state index in [9.17, 15) is 0 Å². The molecule has 0 aliphatic heterocycles. The van der Waals surface area contributed by atoms with Gasteiger partial charge in [-0.2, -0.15) is 0 Å². The van der Waals surface area contributed by atoms with Crippen LogP contribution in [0.3, 0.4) is 0 Å². The van der Waals surface area contributed by atoms with E-state index in [0.29, 0.717) is 5.54 Å². The first-order valence-corrected chi connectivity index (χ1v) is 4.27. The molecule has 0 radical (unpaired) electrons. The summed E-state index contributed by atoms with van der Waals surface area (Å²) < 4.78 is 0. The second-order valence-corrected chi connectivity index (χ2v) is 4.56. The Morgan fingerprint density at radius 3 is 1.90 bits per heavy atom. The van der Waals surface area contributed by atoms with Gasteiger partial charge in [0.1, 0.15) is 0 Å². The third-order valence-electron chi connectivity index (χ3n) is 2.24. The Kier molecular flexibility index (Phi) is 2.04. The van der Waals surface area contributed by atoms with Gasteiger partial charge in [0.2, 0.25) is 0 Å². The normalized spacial score (nSPS) is 33.6. The Labute approximate surface area is 64.2 Å². The molecule has 60 valence electrons. The van der Waals surface area contributed by atoms with Gasteiger partial charge in [0.05, 0.1) is 0 Å². The number of hydrogen-bond acceptors (Lipinski definition) is 1. The molecule has 1 aliphatic carbocycles. The number of hydrogen-bond donors (Lipinski definition) is 1. The van der Waals surface area contributed by atoms with Gasteiger partial charge in [-0.3, -0.25) is 0 Å². The zero-order valence-corrected chi connectivity index (χ0v) is 7.57. The molecule has 0 spiro atoms. The average Bonchev–Trinajstić information content (AvgIpc) is 1.78. The SMILES string of the molecule is C[C@@H]1CCC1NC(C)(C)C. The molecule has 1 unspecified atom stereocenters. The molecule has 0 saturated heterocycles. The highest BCUT2D eigenvalue weighted by Gasteiger charge is 2.29. The minimum absolute atomic E-state index is 0.305. The van der Waals surface area contributed by atoms with E-state index in [1.165, 1.54) is 12.8 Å². The maximum atomic E-state index is 3.61. The molecule has 1 rings (SSSR count). The van der Waals surface area contributed by atoms with Crippen molar-refractivity contribution in [3.63, 3.8) is 0 Å². The number of nitrogens with one attached hydrogen (secondary N) is 1. The van der Waals surface area contributed by atoms with Crippen LogP contribution in [0.25, 0.3) is 0 Å². The first kappa shape index (κ1) is 8.06. The zero-order valence-electron chi connectivity index (χ0n) is 7.57. The van der Waals surface area contributed by atoms with Crippen molar-refractivity contribution in [2.75, 3.05) is 0 Å². The minimum atomic E-state index is 0.305. The van der Waals surface area contributed by atoms with Crippen LogP contribution in [0.5, 0.6) is 0 Å². The van der Waals surface area contributed by atoms with Crippen molar-refractivity contribution >= 4 is 0 Å². The molecule has 0 bridgehead atoms. The Morgan fingerprint density at radius 1 is 1.20 bits per heavy atom. The van der Waals surface area contributed by atoms with Crippen molar-refractivity contribution in [1.82, 2.24) is 5.32 Å². The highest BCUT2D eigenvalue weighted by Crippen LogP contribution is 2.27. The lowest BCUT2D eigenvalue weighted by molar-refractivity contribution is 0.187. The van der Waals surface area contributed by atoms with Gasteiger partial charge in [0.25, 0.3) is 0 Å². The number of rotatable bonds is 1. The lowest BCUT2D eigenvalue weighted by atomic mass is 9.80. The van der Waals surface area contributed by atoms with Gasteiger partial charge < -0.3 is 5.32 Å². The van der Waals surface area contributed by atoms with Gasteiger partial charge in [-0.1, -0.05) is 6.92 Å². The van der Waals surface area contributed by atoms with Gasteiger partial charge in [0.15, 0.2) is 0 Å². The quantitative estimate of drug-likeness (QED) is 0.590. The molecule has 1 N–H and O–H groups in total. The summed E-state index contributed by atoms with van der Waals surface area (Å²) in [4.78, 5) is 0. The summed E-state index contributed by atoms with van der Waals surface area (Å²) in [7, 11) is 0. The van der Waals surface area contributed by atoms with Gasteiger partial charge in [-0.15, -0.1) is 0 Å². The zero-order chi connectivity index (χ0) is 7.78. The van der Waals surface area contributed by atoms with E-state index in [4.69, 9.17) is 0 Å². The van der Waals surface area contributed by atoms with Crippen LogP contribution in [0.15, 0.2) is 0 Å². The Bertz CT molecular complexity index is 112. The molecule has 1 fully saturated rings. The Hall–Kier alpha value is -0.0400. The Balaban J connectivity index is 2.26. The molecule has 10 heavy (non-hydrogen) atoms. The van der Waals surface area contributed by atoms with Gasteiger partial charge in [0, 0.05) is 11.6 Å². The average molecular weight is 141 g/mol. The maximum absolute atomic E-state index is 3.61. The molecule has 1 heteroatoms. The topological polar surface area (TPSA) is 12.0 Å². The predicted octanol–water partition coefficient (Wildman–Crippen LogP) is 2.17. The van der Waals surface area contributed by atoms with E-state index in [-0.39, 0.29) is 0 Å². The molecular weight excluding hydrogens is 122 g/mol. The van der Waals surface area contributed by atoms with E-state index in [0.717, 1.165) is 12.0 Å². The van der Waals surface area contributed by atoms with Crippen LogP contribution in [-0.2, 0) is 0 Å². The van der Waals surface area contributed by atoms with Crippen LogP contribution < -0.4 is 5.32 Å². The molecule has 0 heterocycles. The summed E-state index contributed by atoms with van der Waals surface area (Å²) in [6.07, 6.45) is 2.78. The highest BCUT2D eigenvalue weighted by atomic mass is 15.0. The van der Waals surface area contributed by atoms with Crippen molar-refractivity contribution < 1.29 is 0 Å². The fourth-order valence-corrected chi connectivity index (χ4v) is 1.44. The molecule has 1 saturated carbocycles. The second kappa shape index (κ2) is 2.54. The monoisotopic (exact) mass is 141 g/mol. The largest absolute Gasteiger partial charge is 0.309 e. The summed E-state index contributed by atoms with van der Waals surface area (Å²) >= 11 is 0. The van der Waals surface area contributed by atoms with Crippen LogP contribution >= 0.6 is 0 Å². The van der Waals surface area contributed by atoms with Crippen molar-refractivity contribution in [1.29, 1.82) is 0 Å². The summed E-state index contributed by atoms with van der Waals surface area (Å²) in [5, 5.41) is 3.61. The van der Waals surface area contributed by atoms with Crippen LogP contribution in [-0.4, -0.2) is 11.6 Å². The molecule has 0 aromatic heterocycles. The maximum Gasteiger partial charge on any atom is 0.00992 e. The Morgan fingerprint density at radius 2 is 1.80 bits per heavy atom. The molecule has 1 aliphatic rings. The van der Waals surface area contributed by atoms with Crippen molar-refractivity contribution in [3.05, 3.63) is 0 Å². The smallest absolute Gasteiger partial charge is 0.00992 e. The fraction of sp³-hybridized carbons (Fsp3) is 1.00. The third kappa shape index (κ3) is 1.98. The molecule has 0 amide bonds. The first-order chi connectivity index (χ1) is 4.49. The van der Waals surface area contributed by atoms with Crippen molar-refractivity contribution in [2.45, 2.75) is 52.1 Å². The van der Waals surface area contributed by atoms with E-state index < -0.39 is 0 Å². The summed E-state index contributed by atoms with van der Waals surface area (Å²) in [6.45, 7) is 9.03. The second-order valence-electron chi connectivity index (χ2n) is 4.56. The predicted molar refractivity (Wildman–Crippen MR) is 45.1 cm³/mol. The summed E-state index contributed by atoms with van der Waals surface area (Å²) in [5.41, 5.74) is 0.305. The molecule has 0 aromatic rings. The van der Waals surface area contributed by atoms with Gasteiger partial charge >= 0.3 is 0 Å². The lowest BCUT2D eigenvalue weighted by Gasteiger charge is -2.39. The van der Waals surface area contributed by atoms with Crippen molar-refractivity contribution in [2.24, 2.45) is 5.92 Å².